The number of thiophene rings is 1. The first kappa shape index (κ1) is 15.1. The van der Waals surface area contributed by atoms with Crippen molar-refractivity contribution in [3.63, 3.8) is 0 Å². The van der Waals surface area contributed by atoms with E-state index in [-0.39, 0.29) is 18.2 Å². The summed E-state index contributed by atoms with van der Waals surface area (Å²) in [6.45, 7) is 4.66. The molecular weight excluding hydrogens is 302 g/mol. The number of nitrogens with two attached hydrogens (primary N) is 1. The smallest absolute Gasteiger partial charge is 0.107 e. The van der Waals surface area contributed by atoms with Gasteiger partial charge in [0.25, 0.3) is 0 Å². The van der Waals surface area contributed by atoms with Crippen molar-refractivity contribution in [2.24, 2.45) is 5.73 Å². The maximum Gasteiger partial charge on any atom is 0.107 e. The van der Waals surface area contributed by atoms with Gasteiger partial charge in [-0.15, -0.1) is 11.3 Å². The molecule has 0 fully saturated rings. The Morgan fingerprint density at radius 2 is 2.18 bits per heavy atom. The Kier molecular flexibility index (Phi) is 6.66. The molecule has 0 spiro atoms. The van der Waals surface area contributed by atoms with Gasteiger partial charge < -0.3 is 15.2 Å². The van der Waals surface area contributed by atoms with Gasteiger partial charge in [0.1, 0.15) is 6.10 Å². The van der Waals surface area contributed by atoms with Gasteiger partial charge in [-0.1, -0.05) is 6.92 Å². The van der Waals surface area contributed by atoms with Gasteiger partial charge >= 0.3 is 0 Å². The number of halogens is 1. The molecule has 1 aromatic rings. The van der Waals surface area contributed by atoms with Crippen LogP contribution in [0.5, 0.6) is 0 Å². The predicted octanol–water partition coefficient (Wildman–Crippen LogP) is 3.34. The van der Waals surface area contributed by atoms with Gasteiger partial charge in [-0.25, -0.2) is 0 Å². The summed E-state index contributed by atoms with van der Waals surface area (Å²) >= 11 is 5.14. The normalized spacial score (nSPS) is 16.8. The summed E-state index contributed by atoms with van der Waals surface area (Å²) in [5.74, 6) is 0. The maximum atomic E-state index is 6.13. The van der Waals surface area contributed by atoms with Crippen LogP contribution in [0.25, 0.3) is 0 Å². The summed E-state index contributed by atoms with van der Waals surface area (Å²) in [4.78, 5) is 1.16. The fourth-order valence-electron chi connectivity index (χ4n) is 1.60. The highest BCUT2D eigenvalue weighted by molar-refractivity contribution is 9.11. The second kappa shape index (κ2) is 7.48. The van der Waals surface area contributed by atoms with E-state index in [9.17, 15) is 0 Å². The van der Waals surface area contributed by atoms with E-state index in [0.717, 1.165) is 15.1 Å². The molecule has 1 heterocycles. The first-order valence-electron chi connectivity index (χ1n) is 5.73. The lowest BCUT2D eigenvalue weighted by Crippen LogP contribution is -2.32. The molecule has 0 amide bonds. The largest absolute Gasteiger partial charge is 0.382 e. The number of hydrogen-bond acceptors (Lipinski definition) is 4. The Morgan fingerprint density at radius 3 is 2.65 bits per heavy atom. The molecule has 17 heavy (non-hydrogen) atoms. The molecule has 1 aromatic heterocycles. The number of methoxy groups -OCH3 is 1. The summed E-state index contributed by atoms with van der Waals surface area (Å²) in [6.07, 6.45) is 0.879. The van der Waals surface area contributed by atoms with E-state index in [2.05, 4.69) is 28.9 Å². The van der Waals surface area contributed by atoms with Crippen molar-refractivity contribution in [3.8, 4) is 0 Å². The monoisotopic (exact) mass is 321 g/mol. The fraction of sp³-hybridized carbons (Fsp3) is 0.667. The zero-order chi connectivity index (χ0) is 12.8. The summed E-state index contributed by atoms with van der Waals surface area (Å²) in [6, 6.07) is 4.11. The Bertz CT molecular complexity index is 332. The quantitative estimate of drug-likeness (QED) is 0.837. The second-order valence-corrected chi connectivity index (χ2v) is 6.53. The number of rotatable bonds is 7. The molecule has 3 nitrogen and oxygen atoms in total. The van der Waals surface area contributed by atoms with Crippen molar-refractivity contribution < 1.29 is 9.47 Å². The van der Waals surface area contributed by atoms with E-state index < -0.39 is 0 Å². The fourth-order valence-corrected chi connectivity index (χ4v) is 3.14. The van der Waals surface area contributed by atoms with Crippen LogP contribution in [-0.4, -0.2) is 25.9 Å². The molecule has 0 saturated heterocycles. The zero-order valence-electron chi connectivity index (χ0n) is 10.5. The van der Waals surface area contributed by atoms with Gasteiger partial charge in [0, 0.05) is 18.0 Å². The molecular formula is C12H20BrNO2S. The molecule has 0 aliphatic heterocycles. The van der Waals surface area contributed by atoms with Crippen molar-refractivity contribution in [1.29, 1.82) is 0 Å². The van der Waals surface area contributed by atoms with E-state index in [1.54, 1.807) is 18.4 Å². The molecule has 5 heteroatoms. The highest BCUT2D eigenvalue weighted by Crippen LogP contribution is 2.32. The molecule has 0 aliphatic carbocycles. The van der Waals surface area contributed by atoms with Crippen molar-refractivity contribution in [2.75, 3.05) is 13.7 Å². The van der Waals surface area contributed by atoms with Gasteiger partial charge in [0.15, 0.2) is 0 Å². The third kappa shape index (κ3) is 4.67. The van der Waals surface area contributed by atoms with Crippen LogP contribution < -0.4 is 5.73 Å². The third-order valence-corrected chi connectivity index (χ3v) is 4.20. The van der Waals surface area contributed by atoms with Crippen LogP contribution in [0.4, 0.5) is 0 Å². The van der Waals surface area contributed by atoms with E-state index in [1.165, 1.54) is 0 Å². The Balaban J connectivity index is 2.74. The Hall–Kier alpha value is 0.0600. The van der Waals surface area contributed by atoms with E-state index in [0.29, 0.717) is 6.61 Å². The molecule has 1 rings (SSSR count). The second-order valence-electron chi connectivity index (χ2n) is 4.04. The standard InChI is InChI=1S/C12H20BrNO2S/c1-4-9(14)12(16-8(2)7-15-3)10-5-6-11(13)17-10/h5-6,8-9,12H,4,7,14H2,1-3H3. The Morgan fingerprint density at radius 1 is 1.47 bits per heavy atom. The molecule has 3 atom stereocenters. The first-order chi connectivity index (χ1) is 8.08. The number of ether oxygens (including phenoxy) is 2. The van der Waals surface area contributed by atoms with Gasteiger partial charge in [0.2, 0.25) is 0 Å². The molecule has 98 valence electrons. The summed E-state index contributed by atoms with van der Waals surface area (Å²) < 4.78 is 12.2. The van der Waals surface area contributed by atoms with Crippen LogP contribution in [0.1, 0.15) is 31.2 Å². The lowest BCUT2D eigenvalue weighted by molar-refractivity contribution is -0.0492. The van der Waals surface area contributed by atoms with Gasteiger partial charge in [0.05, 0.1) is 16.5 Å². The van der Waals surface area contributed by atoms with Crippen LogP contribution in [0, 0.1) is 0 Å². The SMILES string of the molecule is CCC(N)C(OC(C)COC)c1ccc(Br)s1. The van der Waals surface area contributed by atoms with E-state index in [4.69, 9.17) is 15.2 Å². The molecule has 2 N–H and O–H groups in total. The third-order valence-electron chi connectivity index (χ3n) is 2.51. The van der Waals surface area contributed by atoms with E-state index >= 15 is 0 Å². The minimum atomic E-state index is -0.0542. The number of hydrogen-bond donors (Lipinski definition) is 1. The summed E-state index contributed by atoms with van der Waals surface area (Å²) in [7, 11) is 1.68. The Labute approximate surface area is 115 Å². The van der Waals surface area contributed by atoms with Crippen LogP contribution in [0.3, 0.4) is 0 Å². The lowest BCUT2D eigenvalue weighted by Gasteiger charge is -2.25. The molecule has 3 unspecified atom stereocenters. The average molecular weight is 322 g/mol. The van der Waals surface area contributed by atoms with Crippen molar-refractivity contribution in [2.45, 2.75) is 38.5 Å². The molecule has 0 aliphatic rings. The van der Waals surface area contributed by atoms with Crippen molar-refractivity contribution in [1.82, 2.24) is 0 Å². The van der Waals surface area contributed by atoms with Crippen molar-refractivity contribution in [3.05, 3.63) is 20.8 Å². The van der Waals surface area contributed by atoms with Crippen LogP contribution in [-0.2, 0) is 9.47 Å². The highest BCUT2D eigenvalue weighted by Gasteiger charge is 2.23. The van der Waals surface area contributed by atoms with E-state index in [1.807, 2.05) is 13.0 Å². The van der Waals surface area contributed by atoms with Crippen molar-refractivity contribution >= 4 is 27.3 Å². The first-order valence-corrected chi connectivity index (χ1v) is 7.34. The van der Waals surface area contributed by atoms with Gasteiger partial charge in [-0.05, 0) is 41.4 Å². The van der Waals surface area contributed by atoms with Crippen LogP contribution >= 0.6 is 27.3 Å². The van der Waals surface area contributed by atoms with Gasteiger partial charge in [-0.3, -0.25) is 0 Å². The maximum absolute atomic E-state index is 6.13. The minimum absolute atomic E-state index is 0.0138. The average Bonchev–Trinajstić information content (AvgIpc) is 2.72. The molecule has 0 saturated carbocycles. The van der Waals surface area contributed by atoms with Crippen LogP contribution in [0.15, 0.2) is 15.9 Å². The molecule has 0 aromatic carbocycles. The van der Waals surface area contributed by atoms with Crippen LogP contribution in [0.2, 0.25) is 0 Å². The summed E-state index contributed by atoms with van der Waals surface area (Å²) in [5, 5.41) is 0. The predicted molar refractivity (Wildman–Crippen MR) is 75.4 cm³/mol. The molecule has 0 radical (unpaired) electrons. The topological polar surface area (TPSA) is 44.5 Å². The zero-order valence-corrected chi connectivity index (χ0v) is 12.9. The summed E-state index contributed by atoms with van der Waals surface area (Å²) in [5.41, 5.74) is 6.13. The highest BCUT2D eigenvalue weighted by atomic mass is 79.9. The van der Waals surface area contributed by atoms with Gasteiger partial charge in [-0.2, -0.15) is 0 Å². The minimum Gasteiger partial charge on any atom is -0.382 e. The lowest BCUT2D eigenvalue weighted by atomic mass is 10.1. The molecule has 0 bridgehead atoms.